The molecule has 0 spiro atoms. The summed E-state index contributed by atoms with van der Waals surface area (Å²) in [4.78, 5) is 13.4. The summed E-state index contributed by atoms with van der Waals surface area (Å²) in [6.45, 7) is 5.90. The van der Waals surface area contributed by atoms with Crippen molar-refractivity contribution in [1.82, 2.24) is 4.90 Å². The van der Waals surface area contributed by atoms with Crippen molar-refractivity contribution in [2.45, 2.75) is 33.1 Å². The maximum atomic E-state index is 11.4. The van der Waals surface area contributed by atoms with Crippen molar-refractivity contribution < 1.29 is 9.90 Å². The number of hydrogen-bond donors (Lipinski definition) is 1. The molecule has 0 aliphatic carbocycles. The summed E-state index contributed by atoms with van der Waals surface area (Å²) in [5.74, 6) is 0.498. The van der Waals surface area contributed by atoms with Gasteiger partial charge < -0.3 is 10.0 Å². The van der Waals surface area contributed by atoms with E-state index in [4.69, 9.17) is 5.11 Å². The van der Waals surface area contributed by atoms with Crippen LogP contribution in [0.2, 0.25) is 0 Å². The van der Waals surface area contributed by atoms with Gasteiger partial charge in [0, 0.05) is 26.1 Å². The van der Waals surface area contributed by atoms with Gasteiger partial charge in [-0.2, -0.15) is 0 Å². The SMILES string of the molecule is CC(C)C(=O)N1CCCCC1.CO. The molecule has 0 radical (unpaired) electrons. The van der Waals surface area contributed by atoms with Crippen LogP contribution in [0.3, 0.4) is 0 Å². The van der Waals surface area contributed by atoms with Gasteiger partial charge >= 0.3 is 0 Å². The molecule has 1 aliphatic rings. The van der Waals surface area contributed by atoms with Crippen LogP contribution in [0, 0.1) is 5.92 Å². The van der Waals surface area contributed by atoms with Gasteiger partial charge in [-0.05, 0) is 19.3 Å². The molecule has 1 amide bonds. The number of nitrogens with zero attached hydrogens (tertiary/aromatic N) is 1. The summed E-state index contributed by atoms with van der Waals surface area (Å²) in [6.07, 6.45) is 3.68. The third kappa shape index (κ3) is 4.27. The molecule has 0 aromatic rings. The van der Waals surface area contributed by atoms with Crippen LogP contribution < -0.4 is 0 Å². The molecule has 1 N–H and O–H groups in total. The van der Waals surface area contributed by atoms with Crippen molar-refractivity contribution in [3.8, 4) is 0 Å². The lowest BCUT2D eigenvalue weighted by atomic mass is 10.1. The zero-order valence-electron chi connectivity index (χ0n) is 8.92. The van der Waals surface area contributed by atoms with Gasteiger partial charge in [0.25, 0.3) is 0 Å². The minimum atomic E-state index is 0.174. The van der Waals surface area contributed by atoms with Crippen LogP contribution in [0.4, 0.5) is 0 Å². The summed E-state index contributed by atoms with van der Waals surface area (Å²) in [7, 11) is 1.00. The number of amides is 1. The zero-order chi connectivity index (χ0) is 10.3. The van der Waals surface area contributed by atoms with E-state index in [1.165, 1.54) is 19.3 Å². The van der Waals surface area contributed by atoms with Gasteiger partial charge in [0.1, 0.15) is 0 Å². The predicted octanol–water partition coefficient (Wildman–Crippen LogP) is 1.26. The Balaban J connectivity index is 0.000000671. The Kier molecular flexibility index (Phi) is 6.59. The van der Waals surface area contributed by atoms with E-state index >= 15 is 0 Å². The highest BCUT2D eigenvalue weighted by atomic mass is 16.2. The highest BCUT2D eigenvalue weighted by molar-refractivity contribution is 5.78. The molecule has 3 heteroatoms. The first-order valence-corrected chi connectivity index (χ1v) is 4.95. The van der Waals surface area contributed by atoms with Crippen LogP contribution in [-0.2, 0) is 4.79 Å². The van der Waals surface area contributed by atoms with Crippen LogP contribution in [0.25, 0.3) is 0 Å². The van der Waals surface area contributed by atoms with Gasteiger partial charge in [-0.15, -0.1) is 0 Å². The number of piperidine rings is 1. The fourth-order valence-electron chi connectivity index (χ4n) is 1.48. The first-order valence-electron chi connectivity index (χ1n) is 4.95. The lowest BCUT2D eigenvalue weighted by Crippen LogP contribution is -2.38. The molecule has 0 aromatic heterocycles. The van der Waals surface area contributed by atoms with E-state index in [1.807, 2.05) is 18.7 Å². The van der Waals surface area contributed by atoms with E-state index in [1.54, 1.807) is 0 Å². The van der Waals surface area contributed by atoms with E-state index in [0.717, 1.165) is 20.2 Å². The Morgan fingerprint density at radius 2 is 1.62 bits per heavy atom. The topological polar surface area (TPSA) is 40.5 Å². The summed E-state index contributed by atoms with van der Waals surface area (Å²) < 4.78 is 0. The molecule has 0 saturated carbocycles. The molecule has 0 bridgehead atoms. The van der Waals surface area contributed by atoms with E-state index in [0.29, 0.717) is 5.91 Å². The average molecular weight is 187 g/mol. The molecular formula is C10H21NO2. The summed E-state index contributed by atoms with van der Waals surface area (Å²) >= 11 is 0. The Bertz CT molecular complexity index is 140. The van der Waals surface area contributed by atoms with Crippen LogP contribution in [0.5, 0.6) is 0 Å². The second-order valence-electron chi connectivity index (χ2n) is 3.54. The number of carbonyl (C=O) groups excluding carboxylic acids is 1. The Morgan fingerprint density at radius 3 is 2.00 bits per heavy atom. The van der Waals surface area contributed by atoms with Crippen LogP contribution >= 0.6 is 0 Å². The first-order chi connectivity index (χ1) is 6.22. The smallest absolute Gasteiger partial charge is 0.225 e. The van der Waals surface area contributed by atoms with Crippen molar-refractivity contribution in [2.24, 2.45) is 5.92 Å². The standard InChI is InChI=1S/C9H17NO.CH4O/c1-8(2)9(11)10-6-4-3-5-7-10;1-2/h8H,3-7H2,1-2H3;2H,1H3. The number of hydrogen-bond acceptors (Lipinski definition) is 2. The number of aliphatic hydroxyl groups excluding tert-OH is 1. The highest BCUT2D eigenvalue weighted by Gasteiger charge is 2.18. The molecule has 1 aliphatic heterocycles. The van der Waals surface area contributed by atoms with E-state index in [-0.39, 0.29) is 5.92 Å². The lowest BCUT2D eigenvalue weighted by molar-refractivity contribution is -0.135. The van der Waals surface area contributed by atoms with Gasteiger partial charge in [-0.25, -0.2) is 0 Å². The molecule has 1 rings (SSSR count). The molecule has 13 heavy (non-hydrogen) atoms. The summed E-state index contributed by atoms with van der Waals surface area (Å²) in [5.41, 5.74) is 0. The molecule has 1 saturated heterocycles. The van der Waals surface area contributed by atoms with Crippen LogP contribution in [0.1, 0.15) is 33.1 Å². The number of rotatable bonds is 1. The van der Waals surface area contributed by atoms with Crippen LogP contribution in [0.15, 0.2) is 0 Å². The van der Waals surface area contributed by atoms with Crippen molar-refractivity contribution in [1.29, 1.82) is 0 Å². The van der Waals surface area contributed by atoms with Gasteiger partial charge in [0.15, 0.2) is 0 Å². The number of aliphatic hydroxyl groups is 1. The molecule has 3 nitrogen and oxygen atoms in total. The van der Waals surface area contributed by atoms with Gasteiger partial charge in [0.05, 0.1) is 0 Å². The minimum Gasteiger partial charge on any atom is -0.400 e. The predicted molar refractivity (Wildman–Crippen MR) is 53.4 cm³/mol. The second-order valence-corrected chi connectivity index (χ2v) is 3.54. The highest BCUT2D eigenvalue weighted by Crippen LogP contribution is 2.11. The van der Waals surface area contributed by atoms with Crippen molar-refractivity contribution in [2.75, 3.05) is 20.2 Å². The number of likely N-dealkylation sites (tertiary alicyclic amines) is 1. The molecule has 0 unspecified atom stereocenters. The molecule has 78 valence electrons. The average Bonchev–Trinajstić information content (AvgIpc) is 2.21. The van der Waals surface area contributed by atoms with Crippen molar-refractivity contribution >= 4 is 5.91 Å². The quantitative estimate of drug-likeness (QED) is 0.671. The fourth-order valence-corrected chi connectivity index (χ4v) is 1.48. The number of carbonyl (C=O) groups is 1. The molecular weight excluding hydrogens is 166 g/mol. The molecule has 1 heterocycles. The maximum absolute atomic E-state index is 11.4. The normalized spacial score (nSPS) is 16.5. The molecule has 1 fully saturated rings. The Labute approximate surface area is 80.7 Å². The van der Waals surface area contributed by atoms with Gasteiger partial charge in [0.2, 0.25) is 5.91 Å². The zero-order valence-corrected chi connectivity index (χ0v) is 8.92. The van der Waals surface area contributed by atoms with E-state index in [9.17, 15) is 4.79 Å². The fraction of sp³-hybridized carbons (Fsp3) is 0.900. The third-order valence-corrected chi connectivity index (χ3v) is 2.16. The third-order valence-electron chi connectivity index (χ3n) is 2.16. The lowest BCUT2D eigenvalue weighted by Gasteiger charge is -2.28. The Hall–Kier alpha value is -0.570. The van der Waals surface area contributed by atoms with Gasteiger partial charge in [-0.1, -0.05) is 13.8 Å². The van der Waals surface area contributed by atoms with Crippen LogP contribution in [-0.4, -0.2) is 36.1 Å². The first kappa shape index (κ1) is 12.4. The van der Waals surface area contributed by atoms with Crippen molar-refractivity contribution in [3.63, 3.8) is 0 Å². The Morgan fingerprint density at radius 1 is 1.15 bits per heavy atom. The molecule has 0 aromatic carbocycles. The summed E-state index contributed by atoms with van der Waals surface area (Å²) in [6, 6.07) is 0. The minimum absolute atomic E-state index is 0.174. The van der Waals surface area contributed by atoms with E-state index < -0.39 is 0 Å². The van der Waals surface area contributed by atoms with Gasteiger partial charge in [-0.3, -0.25) is 4.79 Å². The second kappa shape index (κ2) is 6.89. The van der Waals surface area contributed by atoms with Crippen molar-refractivity contribution in [3.05, 3.63) is 0 Å². The summed E-state index contributed by atoms with van der Waals surface area (Å²) in [5, 5.41) is 7.00. The largest absolute Gasteiger partial charge is 0.400 e. The van der Waals surface area contributed by atoms with E-state index in [2.05, 4.69) is 0 Å². The molecule has 0 atom stereocenters. The monoisotopic (exact) mass is 187 g/mol. The maximum Gasteiger partial charge on any atom is 0.225 e.